The summed E-state index contributed by atoms with van der Waals surface area (Å²) in [6, 6.07) is 6.85. The molecule has 4 nitrogen and oxygen atoms in total. The molecule has 2 atom stereocenters. The fourth-order valence-corrected chi connectivity index (χ4v) is 5.51. The number of rotatable bonds is 3. The number of esters is 1. The Balaban J connectivity index is 1.87. The number of hydrogen-bond donors (Lipinski definition) is 0. The van der Waals surface area contributed by atoms with E-state index in [2.05, 4.69) is 15.9 Å². The zero-order valence-corrected chi connectivity index (χ0v) is 16.1. The van der Waals surface area contributed by atoms with Crippen LogP contribution >= 0.6 is 27.7 Å². The van der Waals surface area contributed by atoms with E-state index >= 15 is 0 Å². The van der Waals surface area contributed by atoms with Crippen molar-refractivity contribution in [2.75, 3.05) is 12.9 Å². The number of halogens is 1. The molecule has 0 spiro atoms. The molecule has 0 aromatic heterocycles. The molecule has 0 radical (unpaired) electrons. The van der Waals surface area contributed by atoms with Crippen molar-refractivity contribution >= 4 is 39.6 Å². The number of ether oxygens (including phenoxy) is 1. The van der Waals surface area contributed by atoms with Crippen LogP contribution in [0.4, 0.5) is 0 Å². The summed E-state index contributed by atoms with van der Waals surface area (Å²) in [7, 11) is 1.39. The van der Waals surface area contributed by atoms with Crippen molar-refractivity contribution in [2.45, 2.75) is 43.5 Å². The topological polar surface area (TPSA) is 46.6 Å². The molecule has 1 heterocycles. The van der Waals surface area contributed by atoms with Crippen molar-refractivity contribution in [3.63, 3.8) is 0 Å². The Labute approximate surface area is 155 Å². The number of benzene rings is 1. The minimum atomic E-state index is -0.483. The van der Waals surface area contributed by atoms with Gasteiger partial charge in [0, 0.05) is 15.8 Å². The third kappa shape index (κ3) is 3.64. The summed E-state index contributed by atoms with van der Waals surface area (Å²) in [5, 5.41) is 0.0746. The van der Waals surface area contributed by atoms with E-state index in [1.54, 1.807) is 16.7 Å². The van der Waals surface area contributed by atoms with Crippen LogP contribution in [-0.4, -0.2) is 41.1 Å². The predicted molar refractivity (Wildman–Crippen MR) is 98.9 cm³/mol. The summed E-state index contributed by atoms with van der Waals surface area (Å²) in [5.41, 5.74) is 0.621. The molecule has 1 aliphatic carbocycles. The van der Waals surface area contributed by atoms with Gasteiger partial charge in [-0.2, -0.15) is 0 Å². The molecule has 1 aliphatic heterocycles. The Hall–Kier alpha value is -1.01. The van der Waals surface area contributed by atoms with Gasteiger partial charge in [0.15, 0.2) is 0 Å². The van der Waals surface area contributed by atoms with Crippen LogP contribution in [0.3, 0.4) is 0 Å². The van der Waals surface area contributed by atoms with E-state index < -0.39 is 6.04 Å². The van der Waals surface area contributed by atoms with Gasteiger partial charge in [-0.3, -0.25) is 4.79 Å². The Kier molecular flexibility index (Phi) is 5.87. The zero-order chi connectivity index (χ0) is 17.1. The van der Waals surface area contributed by atoms with E-state index in [1.807, 2.05) is 24.3 Å². The van der Waals surface area contributed by atoms with Gasteiger partial charge in [-0.25, -0.2) is 4.79 Å². The first-order chi connectivity index (χ1) is 11.6. The SMILES string of the molecule is COC(=O)[C@H]1CS[C@@H](C2CCCCC2)N1C(=O)c1ccc(Br)cc1. The molecular formula is C18H22BrNO3S. The first-order valence-corrected chi connectivity index (χ1v) is 10.2. The molecule has 1 aromatic rings. The summed E-state index contributed by atoms with van der Waals surface area (Å²) < 4.78 is 5.89. The van der Waals surface area contributed by atoms with Gasteiger partial charge in [-0.05, 0) is 43.0 Å². The second-order valence-corrected chi connectivity index (χ2v) is 8.45. The first-order valence-electron chi connectivity index (χ1n) is 8.39. The number of carbonyl (C=O) groups is 2. The van der Waals surface area contributed by atoms with Gasteiger partial charge in [0.25, 0.3) is 5.91 Å². The van der Waals surface area contributed by atoms with E-state index in [-0.39, 0.29) is 17.3 Å². The van der Waals surface area contributed by atoms with Crippen LogP contribution in [0, 0.1) is 5.92 Å². The molecule has 1 amide bonds. The van der Waals surface area contributed by atoms with Gasteiger partial charge in [0.2, 0.25) is 0 Å². The minimum Gasteiger partial charge on any atom is -0.467 e. The highest BCUT2D eigenvalue weighted by atomic mass is 79.9. The fraction of sp³-hybridized carbons (Fsp3) is 0.556. The lowest BCUT2D eigenvalue weighted by Gasteiger charge is -2.35. The van der Waals surface area contributed by atoms with Crippen LogP contribution in [0.5, 0.6) is 0 Å². The van der Waals surface area contributed by atoms with Gasteiger partial charge >= 0.3 is 5.97 Å². The maximum absolute atomic E-state index is 13.1. The fourth-order valence-electron chi connectivity index (χ4n) is 3.63. The Morgan fingerprint density at radius 3 is 2.46 bits per heavy atom. The normalized spacial score (nSPS) is 24.8. The number of carbonyl (C=O) groups excluding carboxylic acids is 2. The summed E-state index contributed by atoms with van der Waals surface area (Å²) in [5.74, 6) is 0.707. The molecule has 130 valence electrons. The van der Waals surface area contributed by atoms with Gasteiger partial charge in [0.1, 0.15) is 6.04 Å². The molecule has 3 rings (SSSR count). The van der Waals surface area contributed by atoms with Gasteiger partial charge in [-0.15, -0.1) is 11.8 Å². The summed E-state index contributed by atoms with van der Waals surface area (Å²) >= 11 is 5.13. The van der Waals surface area contributed by atoms with E-state index in [9.17, 15) is 9.59 Å². The third-order valence-electron chi connectivity index (χ3n) is 4.89. The highest BCUT2D eigenvalue weighted by Crippen LogP contribution is 2.41. The highest BCUT2D eigenvalue weighted by molar-refractivity contribution is 9.10. The van der Waals surface area contributed by atoms with Crippen molar-refractivity contribution in [2.24, 2.45) is 5.92 Å². The molecule has 1 saturated heterocycles. The summed E-state index contributed by atoms with van der Waals surface area (Å²) in [6.07, 6.45) is 5.97. The van der Waals surface area contributed by atoms with Crippen molar-refractivity contribution < 1.29 is 14.3 Å². The second kappa shape index (κ2) is 7.91. The summed E-state index contributed by atoms with van der Waals surface area (Å²) in [4.78, 5) is 27.1. The monoisotopic (exact) mass is 411 g/mol. The number of thioether (sulfide) groups is 1. The van der Waals surface area contributed by atoms with Crippen molar-refractivity contribution in [3.8, 4) is 0 Å². The molecule has 0 N–H and O–H groups in total. The Bertz CT molecular complexity index is 601. The summed E-state index contributed by atoms with van der Waals surface area (Å²) in [6.45, 7) is 0. The van der Waals surface area contributed by atoms with Crippen molar-refractivity contribution in [3.05, 3.63) is 34.3 Å². The number of amides is 1. The molecule has 2 aliphatic rings. The standard InChI is InChI=1S/C18H22BrNO3S/c1-23-18(22)15-11-24-17(13-5-3-2-4-6-13)20(15)16(21)12-7-9-14(19)10-8-12/h7-10,13,15,17H,2-6,11H2,1H3/t15-,17+/m1/s1. The lowest BCUT2D eigenvalue weighted by molar-refractivity contribution is -0.145. The molecule has 1 aromatic carbocycles. The van der Waals surface area contributed by atoms with Crippen LogP contribution in [-0.2, 0) is 9.53 Å². The van der Waals surface area contributed by atoms with Gasteiger partial charge in [0.05, 0.1) is 12.5 Å². The third-order valence-corrected chi connectivity index (χ3v) is 6.88. The molecule has 6 heteroatoms. The number of methoxy groups -OCH3 is 1. The van der Waals surface area contributed by atoms with Crippen LogP contribution < -0.4 is 0 Å². The van der Waals surface area contributed by atoms with E-state index in [1.165, 1.54) is 26.4 Å². The maximum atomic E-state index is 13.1. The lowest BCUT2D eigenvalue weighted by Crippen LogP contribution is -2.48. The number of hydrogen-bond acceptors (Lipinski definition) is 4. The van der Waals surface area contributed by atoms with Gasteiger partial charge < -0.3 is 9.64 Å². The molecule has 2 fully saturated rings. The van der Waals surface area contributed by atoms with Crippen LogP contribution in [0.2, 0.25) is 0 Å². The zero-order valence-electron chi connectivity index (χ0n) is 13.7. The largest absolute Gasteiger partial charge is 0.467 e. The molecule has 0 unspecified atom stereocenters. The van der Waals surface area contributed by atoms with Crippen molar-refractivity contribution in [1.82, 2.24) is 4.90 Å². The quantitative estimate of drug-likeness (QED) is 0.702. The highest BCUT2D eigenvalue weighted by Gasteiger charge is 2.45. The van der Waals surface area contributed by atoms with Crippen LogP contribution in [0.1, 0.15) is 42.5 Å². The average molecular weight is 412 g/mol. The molecule has 1 saturated carbocycles. The van der Waals surface area contributed by atoms with Gasteiger partial charge in [-0.1, -0.05) is 35.2 Å². The molecular weight excluding hydrogens is 390 g/mol. The van der Waals surface area contributed by atoms with E-state index in [4.69, 9.17) is 4.74 Å². The van der Waals surface area contributed by atoms with E-state index in [0.29, 0.717) is 17.2 Å². The van der Waals surface area contributed by atoms with Crippen LogP contribution in [0.25, 0.3) is 0 Å². The predicted octanol–water partition coefficient (Wildman–Crippen LogP) is 4.09. The Morgan fingerprint density at radius 1 is 1.17 bits per heavy atom. The minimum absolute atomic E-state index is 0.0709. The smallest absolute Gasteiger partial charge is 0.329 e. The lowest BCUT2D eigenvalue weighted by atomic mass is 9.88. The van der Waals surface area contributed by atoms with Crippen molar-refractivity contribution in [1.29, 1.82) is 0 Å². The molecule has 24 heavy (non-hydrogen) atoms. The van der Waals surface area contributed by atoms with Crippen LogP contribution in [0.15, 0.2) is 28.7 Å². The first kappa shape index (κ1) is 17.8. The second-order valence-electron chi connectivity index (χ2n) is 6.38. The van der Waals surface area contributed by atoms with E-state index in [0.717, 1.165) is 17.3 Å². The Morgan fingerprint density at radius 2 is 1.83 bits per heavy atom. The molecule has 0 bridgehead atoms. The maximum Gasteiger partial charge on any atom is 0.329 e. The average Bonchev–Trinajstić information content (AvgIpc) is 3.07. The number of nitrogens with zero attached hydrogens (tertiary/aromatic N) is 1.